The second-order valence-electron chi connectivity index (χ2n) is 6.47. The van der Waals surface area contributed by atoms with Crippen LogP contribution < -0.4 is 5.32 Å². The van der Waals surface area contributed by atoms with E-state index < -0.39 is 0 Å². The molecule has 0 spiro atoms. The van der Waals surface area contributed by atoms with Crippen molar-refractivity contribution in [2.45, 2.75) is 46.5 Å². The molecule has 1 rings (SSSR count). The Kier molecular flexibility index (Phi) is 5.44. The van der Waals surface area contributed by atoms with E-state index in [0.29, 0.717) is 18.2 Å². The number of hydrogen-bond acceptors (Lipinski definition) is 2. The highest BCUT2D eigenvalue weighted by atomic mass is 16.2. The summed E-state index contributed by atoms with van der Waals surface area (Å²) in [7, 11) is 1.99. The van der Waals surface area contributed by atoms with E-state index in [1.807, 2.05) is 7.05 Å². The monoisotopic (exact) mass is 240 g/mol. The molecule has 1 N–H and O–H groups in total. The number of nitrogens with one attached hydrogen (secondary N) is 1. The molecular formula is C14H28N2O. The predicted octanol–water partition coefficient (Wildman–Crippen LogP) is 2.27. The van der Waals surface area contributed by atoms with Gasteiger partial charge in [0.15, 0.2) is 0 Å². The Morgan fingerprint density at radius 2 is 2.12 bits per heavy atom. The van der Waals surface area contributed by atoms with Gasteiger partial charge in [0, 0.05) is 19.5 Å². The van der Waals surface area contributed by atoms with Crippen LogP contribution >= 0.6 is 0 Å². The Labute approximate surface area is 106 Å². The summed E-state index contributed by atoms with van der Waals surface area (Å²) in [6.07, 6.45) is 4.10. The minimum atomic E-state index is 0.260. The van der Waals surface area contributed by atoms with Crippen molar-refractivity contribution in [1.82, 2.24) is 10.2 Å². The van der Waals surface area contributed by atoms with Crippen molar-refractivity contribution in [3.8, 4) is 0 Å². The molecule has 0 bridgehead atoms. The third-order valence-corrected chi connectivity index (χ3v) is 3.45. The topological polar surface area (TPSA) is 32.3 Å². The normalized spacial score (nSPS) is 21.6. The van der Waals surface area contributed by atoms with Crippen LogP contribution in [-0.2, 0) is 4.79 Å². The SMILES string of the molecule is CNCC1CCCN(C(=O)CCC(C)(C)C)C1. The first kappa shape index (κ1) is 14.5. The van der Waals surface area contributed by atoms with E-state index in [-0.39, 0.29) is 5.41 Å². The molecule has 3 heteroatoms. The van der Waals surface area contributed by atoms with Crippen LogP contribution in [0.1, 0.15) is 46.5 Å². The van der Waals surface area contributed by atoms with Crippen molar-refractivity contribution >= 4 is 5.91 Å². The Morgan fingerprint density at radius 3 is 2.71 bits per heavy atom. The number of piperidine rings is 1. The summed E-state index contributed by atoms with van der Waals surface area (Å²) >= 11 is 0. The third kappa shape index (κ3) is 5.53. The highest BCUT2D eigenvalue weighted by Gasteiger charge is 2.24. The Morgan fingerprint density at radius 1 is 1.41 bits per heavy atom. The van der Waals surface area contributed by atoms with Gasteiger partial charge in [0.1, 0.15) is 0 Å². The van der Waals surface area contributed by atoms with Crippen molar-refractivity contribution in [2.75, 3.05) is 26.7 Å². The molecule has 1 fully saturated rings. The van der Waals surface area contributed by atoms with Gasteiger partial charge in [-0.2, -0.15) is 0 Å². The average Bonchev–Trinajstić information content (AvgIpc) is 2.26. The van der Waals surface area contributed by atoms with E-state index >= 15 is 0 Å². The number of hydrogen-bond donors (Lipinski definition) is 1. The van der Waals surface area contributed by atoms with Crippen LogP contribution in [0.3, 0.4) is 0 Å². The van der Waals surface area contributed by atoms with Gasteiger partial charge >= 0.3 is 0 Å². The molecule has 0 radical (unpaired) electrons. The molecule has 0 aromatic carbocycles. The van der Waals surface area contributed by atoms with Crippen molar-refractivity contribution in [3.63, 3.8) is 0 Å². The lowest BCUT2D eigenvalue weighted by molar-refractivity contribution is -0.133. The molecule has 1 aliphatic rings. The van der Waals surface area contributed by atoms with E-state index in [1.165, 1.54) is 6.42 Å². The summed E-state index contributed by atoms with van der Waals surface area (Å²) in [5.74, 6) is 0.994. The van der Waals surface area contributed by atoms with Gasteiger partial charge in [0.05, 0.1) is 0 Å². The highest BCUT2D eigenvalue weighted by Crippen LogP contribution is 2.23. The second kappa shape index (κ2) is 6.39. The molecule has 1 atom stereocenters. The van der Waals surface area contributed by atoms with E-state index in [1.54, 1.807) is 0 Å². The summed E-state index contributed by atoms with van der Waals surface area (Å²) in [5.41, 5.74) is 0.260. The Hall–Kier alpha value is -0.570. The maximum absolute atomic E-state index is 12.1. The Bertz CT molecular complexity index is 243. The zero-order chi connectivity index (χ0) is 12.9. The summed E-state index contributed by atoms with van der Waals surface area (Å²) in [5, 5.41) is 3.22. The van der Waals surface area contributed by atoms with E-state index in [9.17, 15) is 4.79 Å². The number of likely N-dealkylation sites (tertiary alicyclic amines) is 1. The first-order valence-electron chi connectivity index (χ1n) is 6.85. The number of rotatable bonds is 4. The van der Waals surface area contributed by atoms with Crippen molar-refractivity contribution in [2.24, 2.45) is 11.3 Å². The molecule has 1 heterocycles. The van der Waals surface area contributed by atoms with Crippen LogP contribution in [0.4, 0.5) is 0 Å². The first-order chi connectivity index (χ1) is 7.92. The van der Waals surface area contributed by atoms with Gasteiger partial charge in [-0.15, -0.1) is 0 Å². The Balaban J connectivity index is 2.36. The minimum Gasteiger partial charge on any atom is -0.342 e. The maximum Gasteiger partial charge on any atom is 0.222 e. The van der Waals surface area contributed by atoms with E-state index in [2.05, 4.69) is 31.0 Å². The van der Waals surface area contributed by atoms with Crippen LogP contribution in [0.5, 0.6) is 0 Å². The summed E-state index contributed by atoms with van der Waals surface area (Å²) in [6, 6.07) is 0. The van der Waals surface area contributed by atoms with Crippen molar-refractivity contribution in [3.05, 3.63) is 0 Å². The number of nitrogens with zero attached hydrogens (tertiary/aromatic N) is 1. The number of carbonyl (C=O) groups is 1. The molecule has 0 aromatic heterocycles. The molecule has 17 heavy (non-hydrogen) atoms. The molecule has 0 aromatic rings. The quantitative estimate of drug-likeness (QED) is 0.817. The standard InChI is InChI=1S/C14H28N2O/c1-14(2,3)8-7-13(17)16-9-5-6-12(11-16)10-15-4/h12,15H,5-11H2,1-4H3. The molecular weight excluding hydrogens is 212 g/mol. The lowest BCUT2D eigenvalue weighted by Gasteiger charge is -2.33. The predicted molar refractivity (Wildman–Crippen MR) is 71.9 cm³/mol. The molecule has 1 amide bonds. The largest absolute Gasteiger partial charge is 0.342 e. The summed E-state index contributed by atoms with van der Waals surface area (Å²) in [4.78, 5) is 14.2. The third-order valence-electron chi connectivity index (χ3n) is 3.45. The number of carbonyl (C=O) groups excluding carboxylic acids is 1. The van der Waals surface area contributed by atoms with Crippen LogP contribution in [0.25, 0.3) is 0 Å². The highest BCUT2D eigenvalue weighted by molar-refractivity contribution is 5.76. The molecule has 0 saturated carbocycles. The fourth-order valence-corrected chi connectivity index (χ4v) is 2.39. The van der Waals surface area contributed by atoms with Gasteiger partial charge in [0.25, 0.3) is 0 Å². The summed E-state index contributed by atoms with van der Waals surface area (Å²) < 4.78 is 0. The lowest BCUT2D eigenvalue weighted by atomic mass is 9.90. The fourth-order valence-electron chi connectivity index (χ4n) is 2.39. The minimum absolute atomic E-state index is 0.260. The molecule has 3 nitrogen and oxygen atoms in total. The van der Waals surface area contributed by atoms with Crippen LogP contribution in [0.2, 0.25) is 0 Å². The fraction of sp³-hybridized carbons (Fsp3) is 0.929. The average molecular weight is 240 g/mol. The van der Waals surface area contributed by atoms with Crippen LogP contribution in [0.15, 0.2) is 0 Å². The van der Waals surface area contributed by atoms with Gasteiger partial charge in [-0.3, -0.25) is 4.79 Å². The van der Waals surface area contributed by atoms with Crippen LogP contribution in [-0.4, -0.2) is 37.5 Å². The van der Waals surface area contributed by atoms with Gasteiger partial charge < -0.3 is 10.2 Å². The second-order valence-corrected chi connectivity index (χ2v) is 6.47. The van der Waals surface area contributed by atoms with Gasteiger partial charge in [-0.05, 0) is 44.2 Å². The number of amides is 1. The maximum atomic E-state index is 12.1. The molecule has 1 aliphatic heterocycles. The molecule has 0 aliphatic carbocycles. The van der Waals surface area contributed by atoms with E-state index in [0.717, 1.165) is 32.5 Å². The zero-order valence-corrected chi connectivity index (χ0v) is 11.9. The molecule has 1 unspecified atom stereocenters. The van der Waals surface area contributed by atoms with Gasteiger partial charge in [-0.25, -0.2) is 0 Å². The zero-order valence-electron chi connectivity index (χ0n) is 11.9. The van der Waals surface area contributed by atoms with Crippen molar-refractivity contribution in [1.29, 1.82) is 0 Å². The van der Waals surface area contributed by atoms with E-state index in [4.69, 9.17) is 0 Å². The van der Waals surface area contributed by atoms with Crippen LogP contribution in [0, 0.1) is 11.3 Å². The van der Waals surface area contributed by atoms with Crippen molar-refractivity contribution < 1.29 is 4.79 Å². The van der Waals surface area contributed by atoms with Gasteiger partial charge in [-0.1, -0.05) is 20.8 Å². The molecule has 1 saturated heterocycles. The smallest absolute Gasteiger partial charge is 0.222 e. The van der Waals surface area contributed by atoms with Gasteiger partial charge in [0.2, 0.25) is 5.91 Å². The summed E-state index contributed by atoms with van der Waals surface area (Å²) in [6.45, 7) is 9.52. The lowest BCUT2D eigenvalue weighted by Crippen LogP contribution is -2.42. The molecule has 100 valence electrons. The first-order valence-corrected chi connectivity index (χ1v) is 6.85.